The van der Waals surface area contributed by atoms with E-state index in [1.165, 1.54) is 0 Å². The maximum absolute atomic E-state index is 11.9. The largest absolute Gasteiger partial charge is 0.492 e. The van der Waals surface area contributed by atoms with Gasteiger partial charge in [0.1, 0.15) is 12.4 Å². The smallest absolute Gasteiger partial charge is 0.220 e. The van der Waals surface area contributed by atoms with Crippen LogP contribution in [0.4, 0.5) is 0 Å². The molecule has 2 aromatic carbocycles. The number of carbonyl (C=O) groups is 1. The van der Waals surface area contributed by atoms with Crippen LogP contribution in [0.5, 0.6) is 5.75 Å². The fourth-order valence-electron chi connectivity index (χ4n) is 2.12. The first-order valence-electron chi connectivity index (χ1n) is 7.56. The molecule has 2 aromatic rings. The monoisotopic (exact) mass is 385 g/mol. The summed E-state index contributed by atoms with van der Waals surface area (Å²) in [6.45, 7) is 2.72. The van der Waals surface area contributed by atoms with E-state index >= 15 is 0 Å². The molecule has 24 heavy (non-hydrogen) atoms. The van der Waals surface area contributed by atoms with Crippen molar-refractivity contribution in [2.45, 2.75) is 19.8 Å². The number of ether oxygens (including phenoxy) is 1. The predicted molar refractivity (Wildman–Crippen MR) is 99.5 cm³/mol. The minimum Gasteiger partial charge on any atom is -0.492 e. The number of hydrogen-bond acceptors (Lipinski definition) is 2. The van der Waals surface area contributed by atoms with Gasteiger partial charge in [0.15, 0.2) is 0 Å². The summed E-state index contributed by atoms with van der Waals surface area (Å²) in [6, 6.07) is 10.8. The van der Waals surface area contributed by atoms with E-state index < -0.39 is 0 Å². The zero-order valence-electron chi connectivity index (χ0n) is 13.2. The Morgan fingerprint density at radius 2 is 1.79 bits per heavy atom. The summed E-state index contributed by atoms with van der Waals surface area (Å²) >= 11 is 18.2. The second kappa shape index (κ2) is 9.16. The average Bonchev–Trinajstić information content (AvgIpc) is 2.54. The normalized spacial score (nSPS) is 10.5. The highest BCUT2D eigenvalue weighted by atomic mass is 35.5. The third-order valence-corrected chi connectivity index (χ3v) is 4.62. The Hall–Kier alpha value is -1.42. The molecule has 1 N–H and O–H groups in total. The Morgan fingerprint density at radius 1 is 1.08 bits per heavy atom. The van der Waals surface area contributed by atoms with E-state index in [0.29, 0.717) is 46.8 Å². The van der Waals surface area contributed by atoms with Crippen LogP contribution in [-0.2, 0) is 11.2 Å². The third kappa shape index (κ3) is 5.59. The number of carbonyl (C=O) groups excluding carboxylic acids is 1. The van der Waals surface area contributed by atoms with Crippen molar-refractivity contribution in [2.24, 2.45) is 0 Å². The molecule has 1 amide bonds. The Balaban J connectivity index is 1.71. The van der Waals surface area contributed by atoms with E-state index in [2.05, 4.69) is 5.32 Å². The van der Waals surface area contributed by atoms with Crippen molar-refractivity contribution in [2.75, 3.05) is 13.2 Å². The Bertz CT molecular complexity index is 699. The van der Waals surface area contributed by atoms with Crippen LogP contribution in [0.25, 0.3) is 0 Å². The lowest BCUT2D eigenvalue weighted by Gasteiger charge is -2.10. The summed E-state index contributed by atoms with van der Waals surface area (Å²) in [5.74, 6) is 0.610. The summed E-state index contributed by atoms with van der Waals surface area (Å²) in [7, 11) is 0. The summed E-state index contributed by atoms with van der Waals surface area (Å²) in [5, 5.41) is 4.62. The van der Waals surface area contributed by atoms with Crippen molar-refractivity contribution >= 4 is 40.7 Å². The molecule has 0 aromatic heterocycles. The van der Waals surface area contributed by atoms with Gasteiger partial charge in [-0.1, -0.05) is 46.9 Å². The highest BCUT2D eigenvalue weighted by Crippen LogP contribution is 2.25. The van der Waals surface area contributed by atoms with Crippen molar-refractivity contribution < 1.29 is 9.53 Å². The molecule has 0 saturated heterocycles. The SMILES string of the molecule is Cc1ccc(OCCNC(=O)CCc2c(Cl)cccc2Cl)cc1Cl. The first-order valence-corrected chi connectivity index (χ1v) is 8.69. The summed E-state index contributed by atoms with van der Waals surface area (Å²) in [5.41, 5.74) is 1.79. The molecule has 0 aliphatic carbocycles. The van der Waals surface area contributed by atoms with Crippen LogP contribution in [0, 0.1) is 6.92 Å². The van der Waals surface area contributed by atoms with Crippen molar-refractivity contribution in [3.8, 4) is 5.75 Å². The number of nitrogens with one attached hydrogen (secondary N) is 1. The minimum atomic E-state index is -0.0727. The molecule has 0 bridgehead atoms. The molecule has 0 spiro atoms. The third-order valence-electron chi connectivity index (χ3n) is 3.50. The highest BCUT2D eigenvalue weighted by Gasteiger charge is 2.08. The molecule has 6 heteroatoms. The first-order chi connectivity index (χ1) is 11.5. The number of amides is 1. The summed E-state index contributed by atoms with van der Waals surface area (Å²) < 4.78 is 5.55. The van der Waals surface area contributed by atoms with Crippen LogP contribution in [0.15, 0.2) is 36.4 Å². The molecule has 128 valence electrons. The lowest BCUT2D eigenvalue weighted by Crippen LogP contribution is -2.28. The van der Waals surface area contributed by atoms with Crippen LogP contribution in [0.1, 0.15) is 17.5 Å². The molecule has 0 unspecified atom stereocenters. The first kappa shape index (κ1) is 18.9. The summed E-state index contributed by atoms with van der Waals surface area (Å²) in [4.78, 5) is 11.9. The second-order valence-corrected chi connectivity index (χ2v) is 6.53. The zero-order chi connectivity index (χ0) is 17.5. The van der Waals surface area contributed by atoms with Gasteiger partial charge >= 0.3 is 0 Å². The van der Waals surface area contributed by atoms with E-state index in [-0.39, 0.29) is 5.91 Å². The number of rotatable bonds is 7. The van der Waals surface area contributed by atoms with Crippen molar-refractivity contribution in [1.29, 1.82) is 0 Å². The van der Waals surface area contributed by atoms with Crippen LogP contribution in [0.3, 0.4) is 0 Å². The van der Waals surface area contributed by atoms with Gasteiger partial charge in [-0.15, -0.1) is 0 Å². The van der Waals surface area contributed by atoms with Gasteiger partial charge in [-0.05, 0) is 48.7 Å². The number of halogens is 3. The van der Waals surface area contributed by atoms with Crippen LogP contribution in [0.2, 0.25) is 15.1 Å². The lowest BCUT2D eigenvalue weighted by atomic mass is 10.1. The van der Waals surface area contributed by atoms with Gasteiger partial charge in [0.05, 0.1) is 6.54 Å². The van der Waals surface area contributed by atoms with Gasteiger partial charge in [0.2, 0.25) is 5.91 Å². The van der Waals surface area contributed by atoms with Gasteiger partial charge in [0.25, 0.3) is 0 Å². The number of benzene rings is 2. The van der Waals surface area contributed by atoms with E-state index in [4.69, 9.17) is 39.5 Å². The summed E-state index contributed by atoms with van der Waals surface area (Å²) in [6.07, 6.45) is 0.818. The van der Waals surface area contributed by atoms with Gasteiger partial charge in [0, 0.05) is 21.5 Å². The zero-order valence-corrected chi connectivity index (χ0v) is 15.5. The molecule has 0 heterocycles. The fourth-order valence-corrected chi connectivity index (χ4v) is 2.88. The van der Waals surface area contributed by atoms with Crippen molar-refractivity contribution in [1.82, 2.24) is 5.32 Å². The van der Waals surface area contributed by atoms with Gasteiger partial charge < -0.3 is 10.1 Å². The molecule has 0 atom stereocenters. The topological polar surface area (TPSA) is 38.3 Å². The van der Waals surface area contributed by atoms with E-state index in [1.54, 1.807) is 24.3 Å². The number of hydrogen-bond donors (Lipinski definition) is 1. The van der Waals surface area contributed by atoms with Crippen LogP contribution >= 0.6 is 34.8 Å². The highest BCUT2D eigenvalue weighted by molar-refractivity contribution is 6.36. The molecule has 2 rings (SSSR count). The predicted octanol–water partition coefficient (Wildman–Crippen LogP) is 5.08. The second-order valence-electron chi connectivity index (χ2n) is 5.31. The standard InChI is InChI=1S/C18H18Cl3NO2/c1-12-5-6-13(11-17(12)21)24-10-9-22-18(23)8-7-14-15(19)3-2-4-16(14)20/h2-6,11H,7-10H2,1H3,(H,22,23). The van der Waals surface area contributed by atoms with Crippen LogP contribution in [-0.4, -0.2) is 19.1 Å². The molecule has 0 radical (unpaired) electrons. The van der Waals surface area contributed by atoms with Crippen molar-refractivity contribution in [3.63, 3.8) is 0 Å². The quantitative estimate of drug-likeness (QED) is 0.674. The maximum atomic E-state index is 11.9. The van der Waals surface area contributed by atoms with Crippen LogP contribution < -0.4 is 10.1 Å². The Morgan fingerprint density at radius 3 is 2.46 bits per heavy atom. The van der Waals surface area contributed by atoms with Crippen molar-refractivity contribution in [3.05, 3.63) is 62.6 Å². The fraction of sp³-hybridized carbons (Fsp3) is 0.278. The van der Waals surface area contributed by atoms with Gasteiger partial charge in [-0.25, -0.2) is 0 Å². The van der Waals surface area contributed by atoms with E-state index in [0.717, 1.165) is 11.1 Å². The maximum Gasteiger partial charge on any atom is 0.220 e. The average molecular weight is 387 g/mol. The van der Waals surface area contributed by atoms with E-state index in [1.807, 2.05) is 19.1 Å². The molecule has 0 saturated carbocycles. The molecular weight excluding hydrogens is 369 g/mol. The lowest BCUT2D eigenvalue weighted by molar-refractivity contribution is -0.121. The minimum absolute atomic E-state index is 0.0727. The molecule has 0 aliphatic heterocycles. The Labute approximate surface area is 156 Å². The van der Waals surface area contributed by atoms with Gasteiger partial charge in [-0.2, -0.15) is 0 Å². The Kier molecular flexibility index (Phi) is 7.22. The number of aryl methyl sites for hydroxylation is 1. The molecular formula is C18H18Cl3NO2. The molecule has 0 aliphatic rings. The molecule has 0 fully saturated rings. The molecule has 3 nitrogen and oxygen atoms in total. The van der Waals surface area contributed by atoms with Gasteiger partial charge in [-0.3, -0.25) is 4.79 Å². The van der Waals surface area contributed by atoms with E-state index in [9.17, 15) is 4.79 Å².